The van der Waals surface area contributed by atoms with Crippen LogP contribution in [0.15, 0.2) is 42.7 Å². The molecule has 2 heterocycles. The van der Waals surface area contributed by atoms with Crippen molar-refractivity contribution in [2.75, 3.05) is 19.6 Å². The van der Waals surface area contributed by atoms with Crippen molar-refractivity contribution >= 4 is 0 Å². The third-order valence-electron chi connectivity index (χ3n) is 6.71. The first-order chi connectivity index (χ1) is 14.7. The molecule has 1 saturated heterocycles. The fourth-order valence-electron chi connectivity index (χ4n) is 5.24. The van der Waals surface area contributed by atoms with Gasteiger partial charge in [0.15, 0.2) is 11.6 Å². The van der Waals surface area contributed by atoms with Gasteiger partial charge in [0.1, 0.15) is 0 Å². The van der Waals surface area contributed by atoms with E-state index in [1.54, 1.807) is 18.3 Å². The predicted molar refractivity (Wildman–Crippen MR) is 116 cm³/mol. The lowest BCUT2D eigenvalue weighted by atomic mass is 9.90. The number of halogens is 2. The summed E-state index contributed by atoms with van der Waals surface area (Å²) in [6, 6.07) is 9.21. The van der Waals surface area contributed by atoms with Crippen LogP contribution in [0.4, 0.5) is 8.78 Å². The van der Waals surface area contributed by atoms with E-state index in [0.717, 1.165) is 24.7 Å². The second-order valence-electron chi connectivity index (χ2n) is 9.04. The molecule has 1 atom stereocenters. The molecule has 1 aromatic carbocycles. The smallest absolute Gasteiger partial charge is 0.163 e. The van der Waals surface area contributed by atoms with Gasteiger partial charge in [-0.05, 0) is 55.8 Å². The SMILES string of the molecule is Fc1cccc(CN(Cc2cccnc2)C[C@@H]2CCCN(C3CCCCC3)C2)c1F. The highest BCUT2D eigenvalue weighted by Gasteiger charge is 2.28. The number of pyridine rings is 1. The molecule has 5 heteroatoms. The first kappa shape index (κ1) is 21.4. The summed E-state index contributed by atoms with van der Waals surface area (Å²) >= 11 is 0. The van der Waals surface area contributed by atoms with Gasteiger partial charge in [-0.25, -0.2) is 8.78 Å². The molecule has 2 fully saturated rings. The van der Waals surface area contributed by atoms with Crippen molar-refractivity contribution < 1.29 is 8.78 Å². The number of rotatable bonds is 7. The Bertz CT molecular complexity index is 792. The number of benzene rings is 1. The minimum Gasteiger partial charge on any atom is -0.300 e. The Balaban J connectivity index is 1.45. The quantitative estimate of drug-likeness (QED) is 0.605. The maximum Gasteiger partial charge on any atom is 0.163 e. The van der Waals surface area contributed by atoms with Gasteiger partial charge in [-0.1, -0.05) is 37.5 Å². The van der Waals surface area contributed by atoms with Crippen LogP contribution in [-0.2, 0) is 13.1 Å². The average molecular weight is 414 g/mol. The van der Waals surface area contributed by atoms with E-state index in [0.29, 0.717) is 24.6 Å². The highest BCUT2D eigenvalue weighted by atomic mass is 19.2. The van der Waals surface area contributed by atoms with Crippen LogP contribution in [0.3, 0.4) is 0 Å². The maximum atomic E-state index is 14.4. The minimum atomic E-state index is -0.769. The molecule has 1 aromatic heterocycles. The van der Waals surface area contributed by atoms with Gasteiger partial charge in [0.05, 0.1) is 0 Å². The van der Waals surface area contributed by atoms with Crippen LogP contribution >= 0.6 is 0 Å². The van der Waals surface area contributed by atoms with Crippen LogP contribution in [0.5, 0.6) is 0 Å². The minimum absolute atomic E-state index is 0.415. The van der Waals surface area contributed by atoms with Gasteiger partial charge in [-0.2, -0.15) is 0 Å². The summed E-state index contributed by atoms with van der Waals surface area (Å²) in [7, 11) is 0. The molecule has 162 valence electrons. The van der Waals surface area contributed by atoms with E-state index in [9.17, 15) is 8.78 Å². The van der Waals surface area contributed by atoms with E-state index < -0.39 is 11.6 Å². The average Bonchev–Trinajstić information content (AvgIpc) is 2.78. The zero-order valence-corrected chi connectivity index (χ0v) is 17.8. The van der Waals surface area contributed by atoms with Gasteiger partial charge < -0.3 is 4.90 Å². The predicted octanol–water partition coefficient (Wildman–Crippen LogP) is 5.41. The summed E-state index contributed by atoms with van der Waals surface area (Å²) < 4.78 is 28.1. The molecule has 2 aliphatic rings. The Hall–Kier alpha value is -1.85. The third kappa shape index (κ3) is 5.64. The number of likely N-dealkylation sites (tertiary alicyclic amines) is 1. The van der Waals surface area contributed by atoms with E-state index in [-0.39, 0.29) is 0 Å². The van der Waals surface area contributed by atoms with Gasteiger partial charge in [0, 0.05) is 50.2 Å². The number of hydrogen-bond donors (Lipinski definition) is 0. The lowest BCUT2D eigenvalue weighted by Crippen LogP contribution is -2.46. The van der Waals surface area contributed by atoms with Crippen molar-refractivity contribution in [2.45, 2.75) is 64.1 Å². The second-order valence-corrected chi connectivity index (χ2v) is 9.04. The summed E-state index contributed by atoms with van der Waals surface area (Å²) in [5, 5.41) is 0. The summed E-state index contributed by atoms with van der Waals surface area (Å²) in [5.41, 5.74) is 1.54. The molecule has 0 radical (unpaired) electrons. The van der Waals surface area contributed by atoms with E-state index in [4.69, 9.17) is 0 Å². The highest BCUT2D eigenvalue weighted by Crippen LogP contribution is 2.28. The van der Waals surface area contributed by atoms with Crippen LogP contribution in [0.25, 0.3) is 0 Å². The van der Waals surface area contributed by atoms with Gasteiger partial charge in [-0.3, -0.25) is 9.88 Å². The first-order valence-corrected chi connectivity index (χ1v) is 11.5. The number of aromatic nitrogens is 1. The molecule has 0 amide bonds. The van der Waals surface area contributed by atoms with Crippen molar-refractivity contribution in [3.05, 3.63) is 65.5 Å². The topological polar surface area (TPSA) is 19.4 Å². The third-order valence-corrected chi connectivity index (χ3v) is 6.71. The number of piperidine rings is 1. The Labute approximate surface area is 179 Å². The van der Waals surface area contributed by atoms with Crippen LogP contribution in [-0.4, -0.2) is 40.5 Å². The maximum absolute atomic E-state index is 14.4. The van der Waals surface area contributed by atoms with E-state index >= 15 is 0 Å². The van der Waals surface area contributed by atoms with Crippen LogP contribution in [0.2, 0.25) is 0 Å². The molecule has 0 bridgehead atoms. The van der Waals surface area contributed by atoms with E-state index in [1.807, 2.05) is 12.3 Å². The lowest BCUT2D eigenvalue weighted by Gasteiger charge is -2.41. The molecular weight excluding hydrogens is 380 g/mol. The summed E-state index contributed by atoms with van der Waals surface area (Å²) in [6.45, 7) is 4.35. The van der Waals surface area contributed by atoms with Crippen molar-refractivity contribution in [2.24, 2.45) is 5.92 Å². The monoisotopic (exact) mass is 413 g/mol. The zero-order valence-electron chi connectivity index (χ0n) is 17.8. The number of hydrogen-bond acceptors (Lipinski definition) is 3. The molecule has 1 saturated carbocycles. The Morgan fingerprint density at radius 1 is 0.967 bits per heavy atom. The fourth-order valence-corrected chi connectivity index (χ4v) is 5.24. The molecule has 4 rings (SSSR count). The van der Waals surface area contributed by atoms with E-state index in [1.165, 1.54) is 57.6 Å². The summed E-state index contributed by atoms with van der Waals surface area (Å²) in [6.07, 6.45) is 12.8. The lowest BCUT2D eigenvalue weighted by molar-refractivity contribution is 0.0768. The molecule has 3 nitrogen and oxygen atoms in total. The van der Waals surface area contributed by atoms with Gasteiger partial charge in [0.25, 0.3) is 0 Å². The van der Waals surface area contributed by atoms with Crippen molar-refractivity contribution in [3.63, 3.8) is 0 Å². The van der Waals surface area contributed by atoms with Crippen LogP contribution in [0.1, 0.15) is 56.1 Å². The largest absolute Gasteiger partial charge is 0.300 e. The Kier molecular flexibility index (Phi) is 7.45. The standard InChI is InChI=1S/C25H33F2N3/c26-24-12-4-9-22(25(24)27)19-29(16-20-7-5-13-28-15-20)17-21-8-6-14-30(18-21)23-10-2-1-3-11-23/h4-5,7,9,12-13,15,21,23H,1-3,6,8,10-11,14,16-19H2/t21-/m0/s1. The van der Waals surface area contributed by atoms with Gasteiger partial charge >= 0.3 is 0 Å². The van der Waals surface area contributed by atoms with Gasteiger partial charge in [0.2, 0.25) is 0 Å². The highest BCUT2D eigenvalue weighted by molar-refractivity contribution is 5.19. The van der Waals surface area contributed by atoms with Crippen molar-refractivity contribution in [1.29, 1.82) is 0 Å². The molecular formula is C25H33F2N3. The normalized spacial score (nSPS) is 21.2. The van der Waals surface area contributed by atoms with Crippen LogP contribution in [0, 0.1) is 17.6 Å². The molecule has 30 heavy (non-hydrogen) atoms. The Morgan fingerprint density at radius 2 is 1.83 bits per heavy atom. The molecule has 0 N–H and O–H groups in total. The molecule has 2 aromatic rings. The van der Waals surface area contributed by atoms with Crippen molar-refractivity contribution in [3.8, 4) is 0 Å². The summed E-state index contributed by atoms with van der Waals surface area (Å²) in [4.78, 5) is 9.20. The van der Waals surface area contributed by atoms with Crippen molar-refractivity contribution in [1.82, 2.24) is 14.8 Å². The first-order valence-electron chi connectivity index (χ1n) is 11.5. The second kappa shape index (κ2) is 10.5. The number of nitrogens with zero attached hydrogens (tertiary/aromatic N) is 3. The van der Waals surface area contributed by atoms with E-state index in [2.05, 4.69) is 20.9 Å². The van der Waals surface area contributed by atoms with Crippen LogP contribution < -0.4 is 0 Å². The fraction of sp³-hybridized carbons (Fsp3) is 0.560. The summed E-state index contributed by atoms with van der Waals surface area (Å²) in [5.74, 6) is -0.926. The Morgan fingerprint density at radius 3 is 2.63 bits per heavy atom. The van der Waals surface area contributed by atoms with Gasteiger partial charge in [-0.15, -0.1) is 0 Å². The molecule has 1 aliphatic carbocycles. The zero-order chi connectivity index (χ0) is 20.8. The molecule has 0 spiro atoms. The molecule has 1 aliphatic heterocycles. The molecule has 0 unspecified atom stereocenters.